The molecule has 7 nitrogen and oxygen atoms in total. The first-order chi connectivity index (χ1) is 16.3. The number of ether oxygens (including phenoxy) is 1. The summed E-state index contributed by atoms with van der Waals surface area (Å²) in [5.41, 5.74) is 1.86. The third-order valence-corrected chi connectivity index (χ3v) is 6.94. The normalized spacial score (nSPS) is 17.3. The molecule has 0 aliphatic heterocycles. The van der Waals surface area contributed by atoms with Crippen LogP contribution < -0.4 is 10.6 Å². The molecule has 0 spiro atoms. The van der Waals surface area contributed by atoms with E-state index in [0.717, 1.165) is 29.5 Å². The van der Waals surface area contributed by atoms with Crippen molar-refractivity contribution in [2.24, 2.45) is 0 Å². The van der Waals surface area contributed by atoms with E-state index in [1.54, 1.807) is 0 Å². The molecule has 0 saturated heterocycles. The molecule has 2 aromatic carbocycles. The van der Waals surface area contributed by atoms with Crippen molar-refractivity contribution in [2.75, 3.05) is 7.11 Å². The fraction of sp³-hybridized carbons (Fsp3) is 0.423. The topological polar surface area (TPSA) is 105 Å². The Balaban J connectivity index is 1.74. The summed E-state index contributed by atoms with van der Waals surface area (Å²) in [7, 11) is 1.28. The Bertz CT molecular complexity index is 988. The zero-order valence-corrected chi connectivity index (χ0v) is 20.4. The highest BCUT2D eigenvalue weighted by atomic mass is 32.1. The van der Waals surface area contributed by atoms with Crippen LogP contribution in [0.25, 0.3) is 11.1 Å². The third-order valence-electron chi connectivity index (χ3n) is 6.27. The molecule has 0 heterocycles. The van der Waals surface area contributed by atoms with Gasteiger partial charge in [-0.25, -0.2) is 4.79 Å². The van der Waals surface area contributed by atoms with Crippen molar-refractivity contribution in [3.8, 4) is 11.1 Å². The van der Waals surface area contributed by atoms with Crippen molar-refractivity contribution in [2.45, 2.75) is 62.0 Å². The van der Waals surface area contributed by atoms with Gasteiger partial charge in [-0.2, -0.15) is 12.6 Å². The average Bonchev–Trinajstić information content (AvgIpc) is 3.33. The number of hydrogen-bond donors (Lipinski definition) is 4. The second-order valence-electron chi connectivity index (χ2n) is 8.78. The van der Waals surface area contributed by atoms with Crippen molar-refractivity contribution in [3.05, 3.63) is 60.2 Å². The summed E-state index contributed by atoms with van der Waals surface area (Å²) < 4.78 is 4.94. The van der Waals surface area contributed by atoms with E-state index in [2.05, 4.69) is 23.3 Å². The first-order valence-corrected chi connectivity index (χ1v) is 12.0. The van der Waals surface area contributed by atoms with Crippen LogP contribution in [0.3, 0.4) is 0 Å². The molecule has 3 rings (SSSR count). The monoisotopic (exact) mass is 484 g/mol. The van der Waals surface area contributed by atoms with Crippen LogP contribution in [0.4, 0.5) is 0 Å². The van der Waals surface area contributed by atoms with Gasteiger partial charge < -0.3 is 20.5 Å². The lowest BCUT2D eigenvalue weighted by molar-refractivity contribution is -0.146. The minimum atomic E-state index is -1.14. The zero-order chi connectivity index (χ0) is 24.7. The maximum Gasteiger partial charge on any atom is 0.328 e. The summed E-state index contributed by atoms with van der Waals surface area (Å²) >= 11 is 4.15. The molecule has 1 unspecified atom stereocenters. The maximum absolute atomic E-state index is 13.3. The van der Waals surface area contributed by atoms with Crippen LogP contribution in [0.5, 0.6) is 0 Å². The Morgan fingerprint density at radius 3 is 2.18 bits per heavy atom. The van der Waals surface area contributed by atoms with Crippen molar-refractivity contribution >= 4 is 30.4 Å². The van der Waals surface area contributed by atoms with E-state index < -0.39 is 40.7 Å². The molecule has 3 N–H and O–H groups in total. The second kappa shape index (κ2) is 11.5. The highest BCUT2D eigenvalue weighted by molar-refractivity contribution is 7.81. The molecule has 0 aromatic heterocycles. The lowest BCUT2D eigenvalue weighted by Crippen LogP contribution is -2.61. The minimum absolute atomic E-state index is 0.250. The number of amides is 2. The van der Waals surface area contributed by atoms with Crippen LogP contribution in [-0.4, -0.2) is 52.9 Å². The summed E-state index contributed by atoms with van der Waals surface area (Å²) in [5.74, 6) is -1.50. The Kier molecular flexibility index (Phi) is 8.74. The third kappa shape index (κ3) is 6.18. The fourth-order valence-electron chi connectivity index (χ4n) is 4.25. The average molecular weight is 485 g/mol. The molecule has 0 radical (unpaired) electrons. The van der Waals surface area contributed by atoms with Crippen LogP contribution in [-0.2, 0) is 25.5 Å². The number of methoxy groups -OCH3 is 1. The standard InChI is InChI=1S/C26H32N2O5S/c1-17(29)22(34)23(30)28-26(14-6-7-15-26)25(32)27-21(24(31)33-2)16-18-10-12-20(13-11-18)19-8-4-3-5-9-19/h3-5,8-13,17,21-22,29,34H,6-7,14-16H2,1-2H3,(H,27,32)(H,28,30)/t17-,21-,22?/m0/s1. The van der Waals surface area contributed by atoms with Gasteiger partial charge in [-0.15, -0.1) is 0 Å². The molecule has 1 saturated carbocycles. The van der Waals surface area contributed by atoms with E-state index in [-0.39, 0.29) is 6.42 Å². The molecular weight excluding hydrogens is 452 g/mol. The first-order valence-electron chi connectivity index (χ1n) is 11.5. The molecule has 8 heteroatoms. The Hall–Kier alpha value is -2.84. The van der Waals surface area contributed by atoms with Crippen molar-refractivity contribution in [1.82, 2.24) is 10.6 Å². The predicted molar refractivity (Wildman–Crippen MR) is 133 cm³/mol. The maximum atomic E-state index is 13.3. The summed E-state index contributed by atoms with van der Waals surface area (Å²) in [6, 6.07) is 16.8. The number of carbonyl (C=O) groups is 3. The molecular formula is C26H32N2O5S. The molecule has 1 fully saturated rings. The Morgan fingerprint density at radius 1 is 1.03 bits per heavy atom. The molecule has 182 valence electrons. The first kappa shape index (κ1) is 25.8. The van der Waals surface area contributed by atoms with E-state index in [1.165, 1.54) is 14.0 Å². The number of esters is 1. The number of rotatable bonds is 9. The summed E-state index contributed by atoms with van der Waals surface area (Å²) in [6.07, 6.45) is 1.72. The number of carbonyl (C=O) groups excluding carboxylic acids is 3. The largest absolute Gasteiger partial charge is 0.467 e. The highest BCUT2D eigenvalue weighted by Crippen LogP contribution is 2.31. The van der Waals surface area contributed by atoms with Gasteiger partial charge in [-0.1, -0.05) is 67.4 Å². The van der Waals surface area contributed by atoms with Gasteiger partial charge in [-0.3, -0.25) is 9.59 Å². The van der Waals surface area contributed by atoms with Gasteiger partial charge in [0.05, 0.1) is 13.2 Å². The van der Waals surface area contributed by atoms with E-state index in [1.807, 2.05) is 54.6 Å². The van der Waals surface area contributed by atoms with Gasteiger partial charge in [0, 0.05) is 6.42 Å². The molecule has 2 amide bonds. The molecule has 1 aliphatic carbocycles. The van der Waals surface area contributed by atoms with Gasteiger partial charge in [0.1, 0.15) is 16.8 Å². The summed E-state index contributed by atoms with van der Waals surface area (Å²) in [5, 5.41) is 14.3. The zero-order valence-electron chi connectivity index (χ0n) is 19.5. The number of thiol groups is 1. The van der Waals surface area contributed by atoms with Crippen LogP contribution >= 0.6 is 12.6 Å². The van der Waals surface area contributed by atoms with Crippen LogP contribution in [0.15, 0.2) is 54.6 Å². The number of benzene rings is 2. The number of hydrogen-bond acceptors (Lipinski definition) is 6. The lowest BCUT2D eigenvalue weighted by Gasteiger charge is -2.32. The van der Waals surface area contributed by atoms with Gasteiger partial charge in [0.25, 0.3) is 0 Å². The molecule has 1 aliphatic rings. The Labute approximate surface area is 205 Å². The fourth-order valence-corrected chi connectivity index (χ4v) is 4.31. The smallest absolute Gasteiger partial charge is 0.328 e. The number of aliphatic hydroxyl groups excluding tert-OH is 1. The van der Waals surface area contributed by atoms with E-state index in [4.69, 9.17) is 4.74 Å². The number of nitrogens with one attached hydrogen (secondary N) is 2. The quantitative estimate of drug-likeness (QED) is 0.324. The van der Waals surface area contributed by atoms with Gasteiger partial charge >= 0.3 is 5.97 Å². The van der Waals surface area contributed by atoms with E-state index >= 15 is 0 Å². The van der Waals surface area contributed by atoms with E-state index in [0.29, 0.717) is 12.8 Å². The highest BCUT2D eigenvalue weighted by Gasteiger charge is 2.44. The lowest BCUT2D eigenvalue weighted by atomic mass is 9.94. The molecule has 2 aromatic rings. The summed E-state index contributed by atoms with van der Waals surface area (Å²) in [6.45, 7) is 1.47. The van der Waals surface area contributed by atoms with Crippen LogP contribution in [0, 0.1) is 0 Å². The van der Waals surface area contributed by atoms with Gasteiger partial charge in [-0.05, 0) is 36.5 Å². The molecule has 0 bridgehead atoms. The van der Waals surface area contributed by atoms with Gasteiger partial charge in [0.15, 0.2) is 0 Å². The SMILES string of the molecule is COC(=O)[C@H](Cc1ccc(-c2ccccc2)cc1)NC(=O)C1(NC(=O)C(S)[C@H](C)O)CCCC1. The molecule has 34 heavy (non-hydrogen) atoms. The summed E-state index contributed by atoms with van der Waals surface area (Å²) in [4.78, 5) is 38.4. The predicted octanol–water partition coefficient (Wildman–Crippen LogP) is 2.66. The second-order valence-corrected chi connectivity index (χ2v) is 9.34. The van der Waals surface area contributed by atoms with Crippen molar-refractivity contribution in [1.29, 1.82) is 0 Å². The van der Waals surface area contributed by atoms with Crippen molar-refractivity contribution < 1.29 is 24.2 Å². The van der Waals surface area contributed by atoms with Gasteiger partial charge in [0.2, 0.25) is 11.8 Å². The van der Waals surface area contributed by atoms with Crippen molar-refractivity contribution in [3.63, 3.8) is 0 Å². The van der Waals surface area contributed by atoms with Crippen LogP contribution in [0.1, 0.15) is 38.2 Å². The van der Waals surface area contributed by atoms with Crippen LogP contribution in [0.2, 0.25) is 0 Å². The number of aliphatic hydroxyl groups is 1. The molecule has 3 atom stereocenters. The minimum Gasteiger partial charge on any atom is -0.467 e. The Morgan fingerprint density at radius 2 is 1.62 bits per heavy atom. The van der Waals surface area contributed by atoms with E-state index in [9.17, 15) is 19.5 Å².